The fourth-order valence-electron chi connectivity index (χ4n) is 1.95. The number of hydrogen-bond donors (Lipinski definition) is 2. The second-order valence-corrected chi connectivity index (χ2v) is 4.47. The van der Waals surface area contributed by atoms with Crippen LogP contribution in [-0.4, -0.2) is 19.1 Å². The van der Waals surface area contributed by atoms with Crippen LogP contribution in [0.5, 0.6) is 0 Å². The maximum atomic E-state index is 11.9. The number of carbonyl (C=O) groups is 1. The van der Waals surface area contributed by atoms with Gasteiger partial charge in [0.1, 0.15) is 0 Å². The lowest BCUT2D eigenvalue weighted by atomic mass is 10.0. The summed E-state index contributed by atoms with van der Waals surface area (Å²) in [5.74, 6) is 0.00970. The van der Waals surface area contributed by atoms with E-state index < -0.39 is 0 Å². The summed E-state index contributed by atoms with van der Waals surface area (Å²) in [4.78, 5) is 11.9. The second kappa shape index (κ2) is 5.19. The van der Waals surface area contributed by atoms with Crippen LogP contribution in [0.1, 0.15) is 18.4 Å². The first kappa shape index (κ1) is 11.9. The monoisotopic (exact) mass is 234 g/mol. The Morgan fingerprint density at radius 3 is 3.00 bits per heavy atom. The molecule has 1 saturated heterocycles. The van der Waals surface area contributed by atoms with Crippen molar-refractivity contribution in [2.45, 2.75) is 19.8 Å². The number of nitrogen functional groups attached to an aromatic ring is 1. The first-order valence-corrected chi connectivity index (χ1v) is 5.91. The van der Waals surface area contributed by atoms with Gasteiger partial charge < -0.3 is 15.8 Å². The van der Waals surface area contributed by atoms with Gasteiger partial charge in [-0.25, -0.2) is 0 Å². The zero-order valence-electron chi connectivity index (χ0n) is 10.0. The molecule has 4 nitrogen and oxygen atoms in total. The molecule has 2 rings (SSSR count). The van der Waals surface area contributed by atoms with E-state index in [-0.39, 0.29) is 11.8 Å². The molecule has 1 fully saturated rings. The standard InChI is InChI=1S/C13H18N2O2/c1-9-7-11(4-5-12(9)14)15-13(16)10-3-2-6-17-8-10/h4-5,7,10H,2-3,6,8,14H2,1H3,(H,15,16). The van der Waals surface area contributed by atoms with Gasteiger partial charge in [-0.15, -0.1) is 0 Å². The lowest BCUT2D eigenvalue weighted by molar-refractivity contribution is -0.123. The molecule has 4 heteroatoms. The van der Waals surface area contributed by atoms with E-state index >= 15 is 0 Å². The van der Waals surface area contributed by atoms with Crippen molar-refractivity contribution in [3.8, 4) is 0 Å². The Morgan fingerprint density at radius 1 is 1.53 bits per heavy atom. The Balaban J connectivity index is 1.99. The number of hydrogen-bond acceptors (Lipinski definition) is 3. The maximum Gasteiger partial charge on any atom is 0.229 e. The highest BCUT2D eigenvalue weighted by Crippen LogP contribution is 2.19. The van der Waals surface area contributed by atoms with Gasteiger partial charge in [-0.2, -0.15) is 0 Å². The predicted molar refractivity (Wildman–Crippen MR) is 67.8 cm³/mol. The molecule has 1 aliphatic rings. The van der Waals surface area contributed by atoms with Crippen molar-refractivity contribution in [1.82, 2.24) is 0 Å². The number of ether oxygens (including phenoxy) is 1. The molecule has 1 aromatic rings. The molecule has 1 aromatic carbocycles. The normalized spacial score (nSPS) is 19.9. The van der Waals surface area contributed by atoms with Crippen molar-refractivity contribution in [3.63, 3.8) is 0 Å². The van der Waals surface area contributed by atoms with Gasteiger partial charge in [-0.3, -0.25) is 4.79 Å². The van der Waals surface area contributed by atoms with Gasteiger partial charge in [0, 0.05) is 18.0 Å². The van der Waals surface area contributed by atoms with Crippen LogP contribution in [0.4, 0.5) is 11.4 Å². The molecule has 0 saturated carbocycles. The van der Waals surface area contributed by atoms with Crippen molar-refractivity contribution in [2.24, 2.45) is 5.92 Å². The molecular weight excluding hydrogens is 216 g/mol. The van der Waals surface area contributed by atoms with Gasteiger partial charge in [0.25, 0.3) is 0 Å². The number of benzene rings is 1. The molecule has 1 amide bonds. The summed E-state index contributed by atoms with van der Waals surface area (Å²) in [6.45, 7) is 3.22. The van der Waals surface area contributed by atoms with E-state index in [0.29, 0.717) is 6.61 Å². The average molecular weight is 234 g/mol. The highest BCUT2D eigenvalue weighted by molar-refractivity contribution is 5.93. The van der Waals surface area contributed by atoms with Crippen LogP contribution < -0.4 is 11.1 Å². The van der Waals surface area contributed by atoms with Crippen LogP contribution in [0.3, 0.4) is 0 Å². The molecule has 92 valence electrons. The Morgan fingerprint density at radius 2 is 2.35 bits per heavy atom. The molecule has 0 radical (unpaired) electrons. The fourth-order valence-corrected chi connectivity index (χ4v) is 1.95. The summed E-state index contributed by atoms with van der Waals surface area (Å²) in [6.07, 6.45) is 1.86. The molecular formula is C13H18N2O2. The third kappa shape index (κ3) is 2.97. The molecule has 0 bridgehead atoms. The van der Waals surface area contributed by atoms with Crippen LogP contribution in [0, 0.1) is 12.8 Å². The van der Waals surface area contributed by atoms with Gasteiger partial charge in [0.2, 0.25) is 5.91 Å². The zero-order valence-corrected chi connectivity index (χ0v) is 10.0. The van der Waals surface area contributed by atoms with E-state index in [1.807, 2.05) is 25.1 Å². The largest absolute Gasteiger partial charge is 0.399 e. The molecule has 3 N–H and O–H groups in total. The highest BCUT2D eigenvalue weighted by Gasteiger charge is 2.21. The number of anilines is 2. The Hall–Kier alpha value is -1.55. The quantitative estimate of drug-likeness (QED) is 0.769. The lowest BCUT2D eigenvalue weighted by Crippen LogP contribution is -2.30. The minimum Gasteiger partial charge on any atom is -0.399 e. The number of aryl methyl sites for hydroxylation is 1. The van der Waals surface area contributed by atoms with E-state index in [4.69, 9.17) is 10.5 Å². The van der Waals surface area contributed by atoms with Crippen LogP contribution in [0.25, 0.3) is 0 Å². The van der Waals surface area contributed by atoms with Crippen LogP contribution >= 0.6 is 0 Å². The Kier molecular flexibility index (Phi) is 3.64. The lowest BCUT2D eigenvalue weighted by Gasteiger charge is -2.21. The molecule has 0 aromatic heterocycles. The smallest absolute Gasteiger partial charge is 0.229 e. The number of nitrogens with two attached hydrogens (primary N) is 1. The maximum absolute atomic E-state index is 11.9. The predicted octanol–water partition coefficient (Wildman–Crippen LogP) is 1.94. The third-order valence-corrected chi connectivity index (χ3v) is 3.07. The first-order chi connectivity index (χ1) is 8.16. The first-order valence-electron chi connectivity index (χ1n) is 5.91. The van der Waals surface area contributed by atoms with E-state index in [9.17, 15) is 4.79 Å². The van der Waals surface area contributed by atoms with E-state index in [1.54, 1.807) is 0 Å². The summed E-state index contributed by atoms with van der Waals surface area (Å²) in [6, 6.07) is 5.52. The van der Waals surface area contributed by atoms with Crippen LogP contribution in [-0.2, 0) is 9.53 Å². The average Bonchev–Trinajstić information content (AvgIpc) is 2.35. The molecule has 1 aliphatic heterocycles. The van der Waals surface area contributed by atoms with E-state index in [1.165, 1.54) is 0 Å². The number of carbonyl (C=O) groups excluding carboxylic acids is 1. The minimum atomic E-state index is -0.0263. The molecule has 0 aliphatic carbocycles. The van der Waals surface area contributed by atoms with E-state index in [2.05, 4.69) is 5.32 Å². The molecule has 1 atom stereocenters. The third-order valence-electron chi connectivity index (χ3n) is 3.07. The summed E-state index contributed by atoms with van der Waals surface area (Å²) in [5, 5.41) is 2.91. The molecule has 0 spiro atoms. The van der Waals surface area contributed by atoms with Crippen molar-refractivity contribution in [2.75, 3.05) is 24.3 Å². The molecule has 17 heavy (non-hydrogen) atoms. The number of nitrogens with one attached hydrogen (secondary N) is 1. The van der Waals surface area contributed by atoms with Crippen molar-refractivity contribution in [1.29, 1.82) is 0 Å². The Labute approximate surface area is 101 Å². The van der Waals surface area contributed by atoms with Crippen molar-refractivity contribution in [3.05, 3.63) is 23.8 Å². The topological polar surface area (TPSA) is 64.3 Å². The SMILES string of the molecule is Cc1cc(NC(=O)C2CCCOC2)ccc1N. The van der Waals surface area contributed by atoms with Crippen molar-refractivity contribution < 1.29 is 9.53 Å². The fraction of sp³-hybridized carbons (Fsp3) is 0.462. The van der Waals surface area contributed by atoms with Gasteiger partial charge in [0.05, 0.1) is 12.5 Å². The molecule has 1 heterocycles. The van der Waals surface area contributed by atoms with Gasteiger partial charge in [-0.05, 0) is 43.5 Å². The van der Waals surface area contributed by atoms with Crippen LogP contribution in [0.2, 0.25) is 0 Å². The summed E-state index contributed by atoms with van der Waals surface area (Å²) in [5.41, 5.74) is 8.24. The molecule has 1 unspecified atom stereocenters. The van der Waals surface area contributed by atoms with E-state index in [0.717, 1.165) is 36.4 Å². The Bertz CT molecular complexity index is 412. The summed E-state index contributed by atoms with van der Waals surface area (Å²) >= 11 is 0. The van der Waals surface area contributed by atoms with Gasteiger partial charge >= 0.3 is 0 Å². The zero-order chi connectivity index (χ0) is 12.3. The second-order valence-electron chi connectivity index (χ2n) is 4.47. The minimum absolute atomic E-state index is 0.0263. The summed E-state index contributed by atoms with van der Waals surface area (Å²) in [7, 11) is 0. The highest BCUT2D eigenvalue weighted by atomic mass is 16.5. The number of rotatable bonds is 2. The van der Waals surface area contributed by atoms with Gasteiger partial charge in [-0.1, -0.05) is 0 Å². The van der Waals surface area contributed by atoms with Crippen LogP contribution in [0.15, 0.2) is 18.2 Å². The number of amides is 1. The van der Waals surface area contributed by atoms with Gasteiger partial charge in [0.15, 0.2) is 0 Å². The van der Waals surface area contributed by atoms with Crippen molar-refractivity contribution >= 4 is 17.3 Å². The summed E-state index contributed by atoms with van der Waals surface area (Å²) < 4.78 is 5.30.